The number of piperidine rings is 3. The Hall–Kier alpha value is -0.610. The lowest BCUT2D eigenvalue weighted by atomic mass is 9.68. The maximum atomic E-state index is 10.8. The standard InChI is InChI=1S/C17H30N2O2/c1-19(2)12-13-6-4-10-18-11-5-7-14(17(13)18)15(19)8-3-9-16(20)21/h13-15,17H,3-12H2,1-2H3/p+1/t13-,14+,15+,17-/m0/s1. The Morgan fingerprint density at radius 3 is 2.67 bits per heavy atom. The van der Waals surface area contributed by atoms with Crippen LogP contribution < -0.4 is 0 Å². The van der Waals surface area contributed by atoms with Gasteiger partial charge in [0.2, 0.25) is 0 Å². The van der Waals surface area contributed by atoms with Gasteiger partial charge in [0.25, 0.3) is 0 Å². The Bertz CT molecular complexity index is 394. The van der Waals surface area contributed by atoms with E-state index in [1.165, 1.54) is 45.3 Å². The molecule has 3 heterocycles. The summed E-state index contributed by atoms with van der Waals surface area (Å²) in [6.07, 6.45) is 7.73. The number of hydrogen-bond acceptors (Lipinski definition) is 2. The number of nitrogens with zero attached hydrogens (tertiary/aromatic N) is 2. The van der Waals surface area contributed by atoms with E-state index in [0.29, 0.717) is 12.5 Å². The van der Waals surface area contributed by atoms with Crippen molar-refractivity contribution in [3.63, 3.8) is 0 Å². The van der Waals surface area contributed by atoms with Crippen LogP contribution in [-0.4, -0.2) is 66.3 Å². The van der Waals surface area contributed by atoms with Gasteiger partial charge in [-0.05, 0) is 45.2 Å². The predicted octanol–water partition coefficient (Wildman–Crippen LogP) is 2.19. The molecule has 0 bridgehead atoms. The first kappa shape index (κ1) is 15.3. The SMILES string of the molecule is C[N+]1(C)C[C@@H]2CCCN3CCC[C@@H]([C@H]23)[C@H]1CCCC(=O)O. The molecule has 0 spiro atoms. The van der Waals surface area contributed by atoms with E-state index in [9.17, 15) is 4.79 Å². The van der Waals surface area contributed by atoms with Crippen LogP contribution in [0.5, 0.6) is 0 Å². The van der Waals surface area contributed by atoms with Gasteiger partial charge in [-0.15, -0.1) is 0 Å². The van der Waals surface area contributed by atoms with E-state index >= 15 is 0 Å². The van der Waals surface area contributed by atoms with Gasteiger partial charge >= 0.3 is 5.97 Å². The smallest absolute Gasteiger partial charge is 0.303 e. The highest BCUT2D eigenvalue weighted by Gasteiger charge is 2.52. The first-order valence-electron chi connectivity index (χ1n) is 8.77. The molecule has 120 valence electrons. The third kappa shape index (κ3) is 2.98. The zero-order valence-electron chi connectivity index (χ0n) is 13.6. The highest BCUT2D eigenvalue weighted by molar-refractivity contribution is 5.66. The second kappa shape index (κ2) is 5.88. The van der Waals surface area contributed by atoms with Gasteiger partial charge in [0.1, 0.15) is 0 Å². The van der Waals surface area contributed by atoms with Crippen LogP contribution in [0.2, 0.25) is 0 Å². The summed E-state index contributed by atoms with van der Waals surface area (Å²) in [6, 6.07) is 1.46. The van der Waals surface area contributed by atoms with E-state index < -0.39 is 5.97 Å². The van der Waals surface area contributed by atoms with Gasteiger partial charge in [0.05, 0.1) is 26.7 Å². The third-order valence-electron chi connectivity index (χ3n) is 6.33. The fraction of sp³-hybridized carbons (Fsp3) is 0.941. The van der Waals surface area contributed by atoms with Crippen molar-refractivity contribution in [1.29, 1.82) is 0 Å². The Morgan fingerprint density at radius 1 is 1.24 bits per heavy atom. The van der Waals surface area contributed by atoms with E-state index in [1.807, 2.05) is 0 Å². The average molecular weight is 295 g/mol. The van der Waals surface area contributed by atoms with Crippen molar-refractivity contribution in [2.75, 3.05) is 33.7 Å². The van der Waals surface area contributed by atoms with Crippen LogP contribution in [0.1, 0.15) is 44.9 Å². The highest BCUT2D eigenvalue weighted by atomic mass is 16.4. The zero-order chi connectivity index (χ0) is 15.0. The minimum Gasteiger partial charge on any atom is -0.481 e. The number of quaternary nitrogens is 1. The van der Waals surface area contributed by atoms with Gasteiger partial charge < -0.3 is 9.59 Å². The number of carboxylic acid groups (broad SMARTS) is 1. The van der Waals surface area contributed by atoms with E-state index in [-0.39, 0.29) is 0 Å². The largest absolute Gasteiger partial charge is 0.481 e. The van der Waals surface area contributed by atoms with Crippen LogP contribution in [0.25, 0.3) is 0 Å². The molecule has 0 amide bonds. The fourth-order valence-corrected chi connectivity index (χ4v) is 5.66. The van der Waals surface area contributed by atoms with Crippen LogP contribution in [-0.2, 0) is 4.79 Å². The lowest BCUT2D eigenvalue weighted by molar-refractivity contribution is -0.930. The molecular weight excluding hydrogens is 264 g/mol. The van der Waals surface area contributed by atoms with Gasteiger partial charge in [-0.1, -0.05) is 0 Å². The molecule has 0 unspecified atom stereocenters. The van der Waals surface area contributed by atoms with Gasteiger partial charge in [-0.25, -0.2) is 0 Å². The second-order valence-electron chi connectivity index (χ2n) is 8.05. The van der Waals surface area contributed by atoms with Crippen LogP contribution in [0, 0.1) is 11.8 Å². The Morgan fingerprint density at radius 2 is 1.95 bits per heavy atom. The van der Waals surface area contributed by atoms with Crippen molar-refractivity contribution in [2.45, 2.75) is 57.0 Å². The summed E-state index contributed by atoms with van der Waals surface area (Å²) in [5.41, 5.74) is 0. The third-order valence-corrected chi connectivity index (χ3v) is 6.33. The van der Waals surface area contributed by atoms with E-state index in [2.05, 4.69) is 19.0 Å². The van der Waals surface area contributed by atoms with Crippen molar-refractivity contribution >= 4 is 5.97 Å². The van der Waals surface area contributed by atoms with Crippen LogP contribution >= 0.6 is 0 Å². The lowest BCUT2D eigenvalue weighted by Crippen LogP contribution is -2.69. The van der Waals surface area contributed by atoms with E-state index in [0.717, 1.165) is 35.2 Å². The number of likely N-dealkylation sites (tertiary alicyclic amines) is 1. The van der Waals surface area contributed by atoms with Crippen LogP contribution in [0.15, 0.2) is 0 Å². The summed E-state index contributed by atoms with van der Waals surface area (Å²) in [5.74, 6) is 1.02. The molecular formula is C17H31N2O2+. The number of carbonyl (C=O) groups is 1. The predicted molar refractivity (Wildman–Crippen MR) is 83.1 cm³/mol. The summed E-state index contributed by atoms with van der Waals surface area (Å²) < 4.78 is 1.11. The minimum atomic E-state index is -0.642. The summed E-state index contributed by atoms with van der Waals surface area (Å²) >= 11 is 0. The molecule has 0 aromatic heterocycles. The van der Waals surface area contributed by atoms with Crippen LogP contribution in [0.4, 0.5) is 0 Å². The molecule has 0 aliphatic carbocycles. The van der Waals surface area contributed by atoms with Crippen LogP contribution in [0.3, 0.4) is 0 Å². The molecule has 0 radical (unpaired) electrons. The topological polar surface area (TPSA) is 40.5 Å². The van der Waals surface area contributed by atoms with Gasteiger partial charge in [0.15, 0.2) is 0 Å². The number of carboxylic acids is 1. The monoisotopic (exact) mass is 295 g/mol. The first-order chi connectivity index (χ1) is 9.99. The van der Waals surface area contributed by atoms with Gasteiger partial charge in [-0.2, -0.15) is 0 Å². The fourth-order valence-electron chi connectivity index (χ4n) is 5.66. The molecule has 4 atom stereocenters. The molecule has 3 saturated heterocycles. The normalized spacial score (nSPS) is 38.8. The van der Waals surface area contributed by atoms with Gasteiger partial charge in [-0.3, -0.25) is 9.69 Å². The number of rotatable bonds is 4. The summed E-state index contributed by atoms with van der Waals surface area (Å²) in [4.78, 5) is 13.6. The summed E-state index contributed by atoms with van der Waals surface area (Å²) in [5, 5.41) is 8.92. The van der Waals surface area contributed by atoms with Crippen molar-refractivity contribution in [3.8, 4) is 0 Å². The molecule has 0 aromatic carbocycles. The van der Waals surface area contributed by atoms with Crippen molar-refractivity contribution in [1.82, 2.24) is 4.90 Å². The quantitative estimate of drug-likeness (QED) is 0.808. The molecule has 4 heteroatoms. The lowest BCUT2D eigenvalue weighted by Gasteiger charge is -2.59. The Labute approximate surface area is 128 Å². The van der Waals surface area contributed by atoms with Gasteiger partial charge in [0, 0.05) is 30.7 Å². The number of aliphatic carboxylic acids is 1. The Kier molecular flexibility index (Phi) is 4.28. The molecule has 3 fully saturated rings. The molecule has 3 aliphatic rings. The van der Waals surface area contributed by atoms with Crippen molar-refractivity contribution in [2.24, 2.45) is 11.8 Å². The highest BCUT2D eigenvalue weighted by Crippen LogP contribution is 2.44. The second-order valence-corrected chi connectivity index (χ2v) is 8.05. The molecule has 0 saturated carbocycles. The molecule has 3 rings (SSSR count). The molecule has 0 aromatic rings. The number of hydrogen-bond donors (Lipinski definition) is 1. The summed E-state index contributed by atoms with van der Waals surface area (Å²) in [6.45, 7) is 3.88. The first-order valence-corrected chi connectivity index (χ1v) is 8.77. The Balaban J connectivity index is 1.75. The summed E-state index contributed by atoms with van der Waals surface area (Å²) in [7, 11) is 4.77. The molecule has 1 N–H and O–H groups in total. The molecule has 4 nitrogen and oxygen atoms in total. The van der Waals surface area contributed by atoms with E-state index in [1.54, 1.807) is 0 Å². The minimum absolute atomic E-state index is 0.334. The average Bonchev–Trinajstić information content (AvgIpc) is 2.41. The maximum Gasteiger partial charge on any atom is 0.303 e. The van der Waals surface area contributed by atoms with Crippen molar-refractivity contribution < 1.29 is 14.4 Å². The molecule has 21 heavy (non-hydrogen) atoms. The molecule has 3 aliphatic heterocycles. The van der Waals surface area contributed by atoms with E-state index in [4.69, 9.17) is 5.11 Å². The van der Waals surface area contributed by atoms with Crippen molar-refractivity contribution in [3.05, 3.63) is 0 Å². The zero-order valence-corrected chi connectivity index (χ0v) is 13.6. The maximum absolute atomic E-state index is 10.8.